The normalized spacial score (nSPS) is 12.0. The first kappa shape index (κ1) is 22.1. The van der Waals surface area contributed by atoms with E-state index in [-0.39, 0.29) is 29.3 Å². The maximum atomic E-state index is 12.4. The van der Waals surface area contributed by atoms with Crippen molar-refractivity contribution >= 4 is 15.9 Å². The highest BCUT2D eigenvalue weighted by molar-refractivity contribution is 7.89. The first-order valence-corrected chi connectivity index (χ1v) is 11.0. The van der Waals surface area contributed by atoms with Crippen molar-refractivity contribution in [2.24, 2.45) is 0 Å². The monoisotopic (exact) mass is 402 g/mol. The molecule has 2 aromatic carbocycles. The predicted octanol–water partition coefficient (Wildman–Crippen LogP) is 3.32. The summed E-state index contributed by atoms with van der Waals surface area (Å²) in [7, 11) is -3.58. The van der Waals surface area contributed by atoms with Crippen LogP contribution in [-0.2, 0) is 26.7 Å². The molecule has 2 N–H and O–H groups in total. The number of aryl methyl sites for hydroxylation is 2. The van der Waals surface area contributed by atoms with Crippen LogP contribution in [0.4, 0.5) is 0 Å². The van der Waals surface area contributed by atoms with E-state index in [2.05, 4.69) is 30.8 Å². The van der Waals surface area contributed by atoms with Crippen LogP contribution in [0.2, 0.25) is 0 Å². The lowest BCUT2D eigenvalue weighted by molar-refractivity contribution is -0.121. The Labute approximate surface area is 168 Å². The fourth-order valence-corrected chi connectivity index (χ4v) is 3.74. The summed E-state index contributed by atoms with van der Waals surface area (Å²) in [5.74, 6) is -0.0886. The molecule has 0 saturated heterocycles. The number of amides is 1. The van der Waals surface area contributed by atoms with Crippen molar-refractivity contribution in [3.05, 3.63) is 65.2 Å². The minimum Gasteiger partial charge on any atom is -0.355 e. The average molecular weight is 403 g/mol. The molecule has 0 aliphatic rings. The first-order chi connectivity index (χ1) is 13.1. The van der Waals surface area contributed by atoms with E-state index in [9.17, 15) is 13.2 Å². The Morgan fingerprint density at radius 3 is 2.11 bits per heavy atom. The van der Waals surface area contributed by atoms with Gasteiger partial charge in [-0.15, -0.1) is 0 Å². The lowest BCUT2D eigenvalue weighted by atomic mass is 9.87. The Bertz CT molecular complexity index is 881. The number of rotatable bonds is 8. The molecule has 0 heterocycles. The third-order valence-electron chi connectivity index (χ3n) is 4.53. The lowest BCUT2D eigenvalue weighted by Crippen LogP contribution is -2.34. The average Bonchev–Trinajstić information content (AvgIpc) is 2.64. The van der Waals surface area contributed by atoms with Crippen molar-refractivity contribution in [1.29, 1.82) is 0 Å². The molecule has 28 heavy (non-hydrogen) atoms. The molecule has 5 nitrogen and oxygen atoms in total. The Morgan fingerprint density at radius 1 is 0.929 bits per heavy atom. The SMILES string of the molecule is Cc1ccc(CCC(=O)NCCNS(=O)(=O)c2ccc(C(C)(C)C)cc2)cc1. The Kier molecular flexibility index (Phi) is 7.38. The van der Waals surface area contributed by atoms with E-state index in [1.165, 1.54) is 5.56 Å². The van der Waals surface area contributed by atoms with E-state index in [1.807, 2.05) is 43.3 Å². The molecule has 0 atom stereocenters. The minimum absolute atomic E-state index is 0.0292. The molecule has 0 fully saturated rings. The van der Waals surface area contributed by atoms with Crippen molar-refractivity contribution in [3.63, 3.8) is 0 Å². The van der Waals surface area contributed by atoms with Gasteiger partial charge in [-0.05, 0) is 42.0 Å². The topological polar surface area (TPSA) is 75.3 Å². The van der Waals surface area contributed by atoms with Crippen molar-refractivity contribution in [1.82, 2.24) is 10.0 Å². The molecule has 0 aliphatic carbocycles. The molecule has 2 rings (SSSR count). The van der Waals surface area contributed by atoms with Crippen molar-refractivity contribution in [2.75, 3.05) is 13.1 Å². The highest BCUT2D eigenvalue weighted by Crippen LogP contribution is 2.23. The van der Waals surface area contributed by atoms with E-state index in [4.69, 9.17) is 0 Å². The maximum Gasteiger partial charge on any atom is 0.240 e. The zero-order chi connectivity index (χ0) is 20.8. The predicted molar refractivity (Wildman–Crippen MR) is 113 cm³/mol. The Balaban J connectivity index is 1.75. The number of nitrogens with one attached hydrogen (secondary N) is 2. The lowest BCUT2D eigenvalue weighted by Gasteiger charge is -2.19. The summed E-state index contributed by atoms with van der Waals surface area (Å²) in [6, 6.07) is 15.0. The van der Waals surface area contributed by atoms with Gasteiger partial charge in [0.25, 0.3) is 0 Å². The second-order valence-electron chi connectivity index (χ2n) is 8.01. The second kappa shape index (κ2) is 9.34. The molecule has 0 radical (unpaired) electrons. The molecule has 0 saturated carbocycles. The van der Waals surface area contributed by atoms with Gasteiger partial charge < -0.3 is 5.32 Å². The molecule has 6 heteroatoms. The minimum atomic E-state index is -3.58. The third kappa shape index (κ3) is 6.77. The van der Waals surface area contributed by atoms with Crippen molar-refractivity contribution in [2.45, 2.75) is 50.8 Å². The van der Waals surface area contributed by atoms with Gasteiger partial charge in [-0.3, -0.25) is 4.79 Å². The molecule has 0 bridgehead atoms. The van der Waals surface area contributed by atoms with Crippen LogP contribution < -0.4 is 10.0 Å². The van der Waals surface area contributed by atoms with E-state index >= 15 is 0 Å². The zero-order valence-electron chi connectivity index (χ0n) is 17.1. The summed E-state index contributed by atoms with van der Waals surface area (Å²) in [6.45, 7) is 8.67. The zero-order valence-corrected chi connectivity index (χ0v) is 17.9. The van der Waals surface area contributed by atoms with Gasteiger partial charge in [-0.2, -0.15) is 0 Å². The number of carbonyl (C=O) groups is 1. The van der Waals surface area contributed by atoms with E-state index < -0.39 is 10.0 Å². The summed E-state index contributed by atoms with van der Waals surface area (Å²) in [4.78, 5) is 12.1. The Hall–Kier alpha value is -2.18. The van der Waals surface area contributed by atoms with Crippen LogP contribution in [0.15, 0.2) is 53.4 Å². The van der Waals surface area contributed by atoms with Gasteiger partial charge in [0.1, 0.15) is 0 Å². The van der Waals surface area contributed by atoms with Crippen LogP contribution in [0.3, 0.4) is 0 Å². The van der Waals surface area contributed by atoms with Gasteiger partial charge >= 0.3 is 0 Å². The van der Waals surface area contributed by atoms with Crippen LogP contribution in [0.25, 0.3) is 0 Å². The summed E-state index contributed by atoms with van der Waals surface area (Å²) in [6.07, 6.45) is 1.04. The van der Waals surface area contributed by atoms with E-state index in [1.54, 1.807) is 12.1 Å². The van der Waals surface area contributed by atoms with Gasteiger partial charge in [-0.1, -0.05) is 62.7 Å². The highest BCUT2D eigenvalue weighted by atomic mass is 32.2. The fraction of sp³-hybridized carbons (Fsp3) is 0.409. The molecule has 0 aromatic heterocycles. The highest BCUT2D eigenvalue weighted by Gasteiger charge is 2.17. The molecular weight excluding hydrogens is 372 g/mol. The van der Waals surface area contributed by atoms with Gasteiger partial charge in [0.05, 0.1) is 4.90 Å². The largest absolute Gasteiger partial charge is 0.355 e. The summed E-state index contributed by atoms with van der Waals surface area (Å²) in [5.41, 5.74) is 3.35. The van der Waals surface area contributed by atoms with Crippen LogP contribution in [0, 0.1) is 6.92 Å². The summed E-state index contributed by atoms with van der Waals surface area (Å²) in [5, 5.41) is 2.75. The molecule has 2 aromatic rings. The summed E-state index contributed by atoms with van der Waals surface area (Å²) >= 11 is 0. The molecule has 0 unspecified atom stereocenters. The van der Waals surface area contributed by atoms with Crippen LogP contribution in [-0.4, -0.2) is 27.4 Å². The molecule has 152 valence electrons. The third-order valence-corrected chi connectivity index (χ3v) is 6.01. The van der Waals surface area contributed by atoms with E-state index in [0.717, 1.165) is 11.1 Å². The number of hydrogen-bond acceptors (Lipinski definition) is 3. The summed E-state index contributed by atoms with van der Waals surface area (Å²) < 4.78 is 27.2. The molecule has 0 spiro atoms. The standard InChI is InChI=1S/C22H30N2O3S/c1-17-5-7-18(8-6-17)9-14-21(25)23-15-16-24-28(26,27)20-12-10-19(11-13-20)22(2,3)4/h5-8,10-13,24H,9,14-16H2,1-4H3,(H,23,25). The first-order valence-electron chi connectivity index (χ1n) is 9.50. The smallest absolute Gasteiger partial charge is 0.240 e. The van der Waals surface area contributed by atoms with Gasteiger partial charge in [0.15, 0.2) is 0 Å². The van der Waals surface area contributed by atoms with Gasteiger partial charge in [0.2, 0.25) is 15.9 Å². The molecule has 1 amide bonds. The van der Waals surface area contributed by atoms with Crippen LogP contribution in [0.5, 0.6) is 0 Å². The number of sulfonamides is 1. The van der Waals surface area contributed by atoms with Gasteiger partial charge in [0, 0.05) is 19.5 Å². The number of benzene rings is 2. The van der Waals surface area contributed by atoms with Crippen molar-refractivity contribution < 1.29 is 13.2 Å². The molecule has 0 aliphatic heterocycles. The number of hydrogen-bond donors (Lipinski definition) is 2. The quantitative estimate of drug-likeness (QED) is 0.665. The molecular formula is C22H30N2O3S. The maximum absolute atomic E-state index is 12.4. The van der Waals surface area contributed by atoms with Crippen LogP contribution >= 0.6 is 0 Å². The number of carbonyl (C=O) groups excluding carboxylic acids is 1. The van der Waals surface area contributed by atoms with Gasteiger partial charge in [-0.25, -0.2) is 13.1 Å². The van der Waals surface area contributed by atoms with Crippen LogP contribution in [0.1, 0.15) is 43.9 Å². The Morgan fingerprint density at radius 2 is 1.54 bits per heavy atom. The van der Waals surface area contributed by atoms with Crippen molar-refractivity contribution in [3.8, 4) is 0 Å². The van der Waals surface area contributed by atoms with E-state index in [0.29, 0.717) is 12.8 Å². The fourth-order valence-electron chi connectivity index (χ4n) is 2.71. The second-order valence-corrected chi connectivity index (χ2v) is 9.77.